The number of anilines is 2. The number of aryl methyl sites for hydroxylation is 2. The number of hydrogen-bond donors (Lipinski definition) is 1. The first-order valence-electron chi connectivity index (χ1n) is 9.70. The summed E-state index contributed by atoms with van der Waals surface area (Å²) in [6.07, 6.45) is 2.09. The first kappa shape index (κ1) is 17.0. The van der Waals surface area contributed by atoms with Crippen LogP contribution in [0.15, 0.2) is 42.5 Å². The third-order valence-corrected chi connectivity index (χ3v) is 5.71. The molecule has 0 unspecified atom stereocenters. The van der Waals surface area contributed by atoms with E-state index in [1.54, 1.807) is 4.90 Å². The van der Waals surface area contributed by atoms with Gasteiger partial charge in [-0.3, -0.25) is 19.1 Å². The number of nitrogens with one attached hydrogen (secondary N) is 1. The Hall–Kier alpha value is -3.15. The number of hydrogen-bond acceptors (Lipinski definition) is 3. The van der Waals surface area contributed by atoms with E-state index in [-0.39, 0.29) is 24.3 Å². The summed E-state index contributed by atoms with van der Waals surface area (Å²) in [4.78, 5) is 32.4. The van der Waals surface area contributed by atoms with Crippen molar-refractivity contribution >= 4 is 34.5 Å². The summed E-state index contributed by atoms with van der Waals surface area (Å²) in [5.74, 6) is 0.492. The van der Waals surface area contributed by atoms with Crippen LogP contribution in [-0.2, 0) is 9.59 Å². The van der Waals surface area contributed by atoms with E-state index in [0.717, 1.165) is 35.1 Å². The Kier molecular flexibility index (Phi) is 3.75. The maximum absolute atomic E-state index is 13.1. The molecule has 2 amide bonds. The molecule has 2 heterocycles. The van der Waals surface area contributed by atoms with Crippen molar-refractivity contribution < 1.29 is 9.59 Å². The van der Waals surface area contributed by atoms with Gasteiger partial charge < -0.3 is 5.32 Å². The van der Waals surface area contributed by atoms with Crippen molar-refractivity contribution in [3.8, 4) is 0 Å². The molecule has 1 aliphatic carbocycles. The highest BCUT2D eigenvalue weighted by Gasteiger charge is 2.47. The van der Waals surface area contributed by atoms with Crippen LogP contribution >= 0.6 is 0 Å². The van der Waals surface area contributed by atoms with Crippen LogP contribution < -0.4 is 10.2 Å². The topological polar surface area (TPSA) is 67.2 Å². The second-order valence-corrected chi connectivity index (χ2v) is 7.78. The number of nitrogens with zero attached hydrogens (tertiary/aromatic N) is 3. The van der Waals surface area contributed by atoms with Crippen LogP contribution in [0.1, 0.15) is 36.4 Å². The van der Waals surface area contributed by atoms with Gasteiger partial charge in [0.05, 0.1) is 17.5 Å². The molecular formula is C22H22N4O2. The minimum atomic E-state index is -0.547. The molecule has 3 aromatic rings. The largest absolute Gasteiger partial charge is 0.326 e. The molecule has 142 valence electrons. The molecule has 1 atom stereocenters. The van der Waals surface area contributed by atoms with Crippen LogP contribution in [0.25, 0.3) is 11.0 Å². The second kappa shape index (κ2) is 6.19. The third-order valence-electron chi connectivity index (χ3n) is 5.71. The third kappa shape index (κ3) is 2.68. The zero-order valence-electron chi connectivity index (χ0n) is 16.0. The SMILES string of the molecule is Cc1ccc(NC(=O)C[C@H]2C(=O)N(C3CC3)c3nc4ccccc4n32)cc1C. The Morgan fingerprint density at radius 1 is 1.14 bits per heavy atom. The normalized spacial score (nSPS) is 18.6. The van der Waals surface area contributed by atoms with Crippen LogP contribution in [0.4, 0.5) is 11.6 Å². The monoisotopic (exact) mass is 374 g/mol. The van der Waals surface area contributed by atoms with Gasteiger partial charge in [-0.1, -0.05) is 18.2 Å². The van der Waals surface area contributed by atoms with Crippen LogP contribution in [-0.4, -0.2) is 27.4 Å². The van der Waals surface area contributed by atoms with Crippen molar-refractivity contribution in [1.82, 2.24) is 9.55 Å². The summed E-state index contributed by atoms with van der Waals surface area (Å²) in [5, 5.41) is 2.94. The maximum atomic E-state index is 13.1. The second-order valence-electron chi connectivity index (χ2n) is 7.78. The van der Waals surface area contributed by atoms with E-state index in [2.05, 4.69) is 10.3 Å². The van der Waals surface area contributed by atoms with Crippen molar-refractivity contribution in [2.45, 2.75) is 45.2 Å². The average molecular weight is 374 g/mol. The van der Waals surface area contributed by atoms with E-state index in [0.29, 0.717) is 5.95 Å². The Bertz CT molecular complexity index is 1110. The number of carbonyl (C=O) groups excluding carboxylic acids is 2. The van der Waals surface area contributed by atoms with E-state index >= 15 is 0 Å². The van der Waals surface area contributed by atoms with Crippen LogP contribution in [0.3, 0.4) is 0 Å². The zero-order valence-corrected chi connectivity index (χ0v) is 16.0. The maximum Gasteiger partial charge on any atom is 0.253 e. The molecule has 5 rings (SSSR count). The number of benzene rings is 2. The number of imidazole rings is 1. The molecule has 6 heteroatoms. The summed E-state index contributed by atoms with van der Waals surface area (Å²) in [5.41, 5.74) is 4.82. The van der Waals surface area contributed by atoms with Gasteiger partial charge in [-0.25, -0.2) is 4.98 Å². The molecule has 0 bridgehead atoms. The Balaban J connectivity index is 1.45. The van der Waals surface area contributed by atoms with Gasteiger partial charge in [-0.2, -0.15) is 0 Å². The lowest BCUT2D eigenvalue weighted by atomic mass is 10.1. The number of aromatic nitrogens is 2. The van der Waals surface area contributed by atoms with Crippen LogP contribution in [0.2, 0.25) is 0 Å². The van der Waals surface area contributed by atoms with E-state index in [1.807, 2.05) is 60.9 Å². The Labute approximate surface area is 163 Å². The van der Waals surface area contributed by atoms with Gasteiger partial charge in [0.25, 0.3) is 5.91 Å². The smallest absolute Gasteiger partial charge is 0.253 e. The summed E-state index contributed by atoms with van der Waals surface area (Å²) in [6, 6.07) is 13.3. The Morgan fingerprint density at radius 3 is 2.68 bits per heavy atom. The van der Waals surface area contributed by atoms with Gasteiger partial charge in [0, 0.05) is 11.7 Å². The van der Waals surface area contributed by atoms with Gasteiger partial charge in [0.1, 0.15) is 6.04 Å². The van der Waals surface area contributed by atoms with Crippen molar-refractivity contribution in [2.75, 3.05) is 10.2 Å². The standard InChI is InChI=1S/C22H22N4O2/c1-13-7-8-15(11-14(13)2)23-20(27)12-19-21(28)25(16-9-10-16)22-24-17-5-3-4-6-18(17)26(19)22/h3-8,11,16,19H,9-10,12H2,1-2H3,(H,23,27)/t19-/m0/s1. The molecule has 2 aromatic carbocycles. The minimum Gasteiger partial charge on any atom is -0.326 e. The number of fused-ring (bicyclic) bond motifs is 3. The van der Waals surface area contributed by atoms with E-state index < -0.39 is 6.04 Å². The molecule has 28 heavy (non-hydrogen) atoms. The van der Waals surface area contributed by atoms with Crippen LogP contribution in [0, 0.1) is 13.8 Å². The molecule has 1 aromatic heterocycles. The first-order chi connectivity index (χ1) is 13.5. The molecule has 1 aliphatic heterocycles. The molecule has 1 saturated carbocycles. The summed E-state index contributed by atoms with van der Waals surface area (Å²) >= 11 is 0. The lowest BCUT2D eigenvalue weighted by Crippen LogP contribution is -2.33. The predicted octanol–water partition coefficient (Wildman–Crippen LogP) is 3.73. The molecule has 0 spiro atoms. The number of rotatable bonds is 4. The van der Waals surface area contributed by atoms with E-state index in [4.69, 9.17) is 0 Å². The van der Waals surface area contributed by atoms with Gasteiger partial charge >= 0.3 is 0 Å². The lowest BCUT2D eigenvalue weighted by Gasteiger charge is -2.15. The van der Waals surface area contributed by atoms with Crippen molar-refractivity contribution in [1.29, 1.82) is 0 Å². The van der Waals surface area contributed by atoms with Crippen molar-refractivity contribution in [3.05, 3.63) is 53.6 Å². The minimum absolute atomic E-state index is 0.0222. The lowest BCUT2D eigenvalue weighted by molar-refractivity contribution is -0.124. The quantitative estimate of drug-likeness (QED) is 0.757. The fourth-order valence-corrected chi connectivity index (χ4v) is 3.94. The molecule has 6 nitrogen and oxygen atoms in total. The highest BCUT2D eigenvalue weighted by molar-refractivity contribution is 6.05. The summed E-state index contributed by atoms with van der Waals surface area (Å²) in [6.45, 7) is 4.05. The highest BCUT2D eigenvalue weighted by atomic mass is 16.2. The predicted molar refractivity (Wildman–Crippen MR) is 108 cm³/mol. The average Bonchev–Trinajstić information content (AvgIpc) is 3.37. The first-order valence-corrected chi connectivity index (χ1v) is 9.70. The van der Waals surface area contributed by atoms with Gasteiger partial charge in [-0.15, -0.1) is 0 Å². The Morgan fingerprint density at radius 2 is 1.93 bits per heavy atom. The highest BCUT2D eigenvalue weighted by Crippen LogP contribution is 2.42. The van der Waals surface area contributed by atoms with E-state index in [9.17, 15) is 9.59 Å². The number of para-hydroxylation sites is 2. The fraction of sp³-hybridized carbons (Fsp3) is 0.318. The summed E-state index contributed by atoms with van der Waals surface area (Å²) < 4.78 is 1.94. The van der Waals surface area contributed by atoms with Gasteiger partial charge in [0.15, 0.2) is 0 Å². The molecule has 0 radical (unpaired) electrons. The number of amides is 2. The molecule has 0 saturated heterocycles. The van der Waals surface area contributed by atoms with E-state index in [1.165, 1.54) is 5.56 Å². The van der Waals surface area contributed by atoms with Crippen molar-refractivity contribution in [3.63, 3.8) is 0 Å². The van der Waals surface area contributed by atoms with Crippen LogP contribution in [0.5, 0.6) is 0 Å². The number of carbonyl (C=O) groups is 2. The molecule has 2 aliphatic rings. The van der Waals surface area contributed by atoms with Crippen molar-refractivity contribution in [2.24, 2.45) is 0 Å². The zero-order chi connectivity index (χ0) is 19.4. The molecule has 1 fully saturated rings. The molecule has 1 N–H and O–H groups in total. The fourth-order valence-electron chi connectivity index (χ4n) is 3.94. The summed E-state index contributed by atoms with van der Waals surface area (Å²) in [7, 11) is 0. The van der Waals surface area contributed by atoms with Gasteiger partial charge in [-0.05, 0) is 62.1 Å². The van der Waals surface area contributed by atoms with Gasteiger partial charge in [0.2, 0.25) is 11.9 Å². The molecular weight excluding hydrogens is 352 g/mol.